The van der Waals surface area contributed by atoms with Crippen LogP contribution in [0.3, 0.4) is 0 Å². The van der Waals surface area contributed by atoms with Crippen molar-refractivity contribution >= 4 is 17.7 Å². The summed E-state index contributed by atoms with van der Waals surface area (Å²) in [5, 5.41) is 26.7. The normalized spacial score (nSPS) is 10.9. The molecule has 0 fully saturated rings. The van der Waals surface area contributed by atoms with Crippen LogP contribution in [0.2, 0.25) is 0 Å². The second-order valence-electron chi connectivity index (χ2n) is 5.83. The van der Waals surface area contributed by atoms with Crippen LogP contribution in [0.4, 0.5) is 11.5 Å². The molecule has 0 amide bonds. The van der Waals surface area contributed by atoms with Gasteiger partial charge in [-0.2, -0.15) is 5.10 Å². The Bertz CT molecular complexity index is 1020. The molecule has 3 aromatic rings. The second-order valence-corrected chi connectivity index (χ2v) is 5.83. The van der Waals surface area contributed by atoms with E-state index in [-0.39, 0.29) is 11.4 Å². The number of aromatic nitrogens is 2. The monoisotopic (exact) mass is 363 g/mol. The molecule has 0 aliphatic rings. The number of aromatic hydroxyl groups is 1. The van der Waals surface area contributed by atoms with Gasteiger partial charge in [0.25, 0.3) is 5.69 Å². The number of phenolic OH excluding ortho intramolecular Hbond substituents is 1. The number of rotatable bonds is 5. The van der Waals surface area contributed by atoms with Crippen molar-refractivity contribution in [3.8, 4) is 17.1 Å². The maximum atomic E-state index is 10.9. The summed E-state index contributed by atoms with van der Waals surface area (Å²) >= 11 is 0. The molecule has 2 aromatic carbocycles. The fraction of sp³-hybridized carbons (Fsp3) is 0.105. The molecule has 27 heavy (non-hydrogen) atoms. The van der Waals surface area contributed by atoms with Gasteiger partial charge in [0.1, 0.15) is 5.75 Å². The average molecular weight is 363 g/mol. The van der Waals surface area contributed by atoms with Gasteiger partial charge in [0.05, 0.1) is 16.7 Å². The summed E-state index contributed by atoms with van der Waals surface area (Å²) in [6.07, 6.45) is 1.52. The number of non-ortho nitro benzene ring substituents is 1. The lowest BCUT2D eigenvalue weighted by molar-refractivity contribution is -0.384. The first-order valence-corrected chi connectivity index (χ1v) is 8.10. The molecule has 0 radical (unpaired) electrons. The first-order valence-electron chi connectivity index (χ1n) is 8.10. The number of phenols is 1. The van der Waals surface area contributed by atoms with E-state index in [1.165, 1.54) is 23.4 Å². The van der Waals surface area contributed by atoms with Gasteiger partial charge in [-0.3, -0.25) is 15.1 Å². The van der Waals surface area contributed by atoms with Crippen LogP contribution < -0.4 is 5.01 Å². The third-order valence-electron chi connectivity index (χ3n) is 3.78. The summed E-state index contributed by atoms with van der Waals surface area (Å²) in [4.78, 5) is 19.2. The van der Waals surface area contributed by atoms with Crippen LogP contribution in [-0.2, 0) is 0 Å². The lowest BCUT2D eigenvalue weighted by Crippen LogP contribution is -2.12. The van der Waals surface area contributed by atoms with E-state index in [0.29, 0.717) is 22.8 Å². The highest BCUT2D eigenvalue weighted by molar-refractivity contribution is 5.81. The number of nitrogens with zero attached hydrogens (tertiary/aromatic N) is 5. The lowest BCUT2D eigenvalue weighted by atomic mass is 10.2. The van der Waals surface area contributed by atoms with Gasteiger partial charge >= 0.3 is 0 Å². The number of nitro benzene ring substituents is 1. The smallest absolute Gasteiger partial charge is 0.270 e. The fourth-order valence-electron chi connectivity index (χ4n) is 2.43. The number of aryl methyl sites for hydroxylation is 1. The number of benzene rings is 2. The minimum Gasteiger partial charge on any atom is -0.507 e. The van der Waals surface area contributed by atoms with Crippen LogP contribution in [-0.4, -0.2) is 33.3 Å². The number of para-hydroxylation sites is 1. The maximum Gasteiger partial charge on any atom is 0.270 e. The molecule has 136 valence electrons. The predicted octanol–water partition coefficient (Wildman–Crippen LogP) is 3.54. The molecule has 1 aromatic heterocycles. The number of hydrazone groups is 1. The van der Waals surface area contributed by atoms with Crippen molar-refractivity contribution in [2.75, 3.05) is 12.1 Å². The van der Waals surface area contributed by atoms with E-state index >= 15 is 0 Å². The van der Waals surface area contributed by atoms with Gasteiger partial charge in [0.2, 0.25) is 0 Å². The Hall–Kier alpha value is -3.81. The zero-order valence-corrected chi connectivity index (χ0v) is 14.8. The molecule has 0 spiro atoms. The SMILES string of the molecule is Cc1cc(N(C)/N=C\c2cccc([N+](=O)[O-])c2)nc(-c2ccccc2O)n1. The van der Waals surface area contributed by atoms with Crippen LogP contribution in [0.15, 0.2) is 59.7 Å². The Kier molecular flexibility index (Phi) is 5.07. The van der Waals surface area contributed by atoms with Gasteiger partial charge < -0.3 is 5.11 Å². The zero-order chi connectivity index (χ0) is 19.4. The van der Waals surface area contributed by atoms with Gasteiger partial charge in [-0.25, -0.2) is 9.97 Å². The summed E-state index contributed by atoms with van der Waals surface area (Å²) in [6.45, 7) is 1.83. The molecule has 1 N–H and O–H groups in total. The largest absolute Gasteiger partial charge is 0.507 e. The first kappa shape index (κ1) is 18.0. The first-order chi connectivity index (χ1) is 12.9. The van der Waals surface area contributed by atoms with Gasteiger partial charge in [-0.15, -0.1) is 0 Å². The zero-order valence-electron chi connectivity index (χ0n) is 14.8. The molecular formula is C19H17N5O3. The van der Waals surface area contributed by atoms with Crippen molar-refractivity contribution in [1.82, 2.24) is 9.97 Å². The Morgan fingerprint density at radius 2 is 1.93 bits per heavy atom. The summed E-state index contributed by atoms with van der Waals surface area (Å²) in [7, 11) is 1.71. The Morgan fingerprint density at radius 3 is 2.67 bits per heavy atom. The van der Waals surface area contributed by atoms with Crippen molar-refractivity contribution < 1.29 is 10.0 Å². The van der Waals surface area contributed by atoms with E-state index in [1.807, 2.05) is 6.92 Å². The molecule has 0 unspecified atom stereocenters. The quantitative estimate of drug-likeness (QED) is 0.422. The van der Waals surface area contributed by atoms with Crippen LogP contribution in [0.5, 0.6) is 5.75 Å². The standard InChI is InChI=1S/C19H17N5O3/c1-13-10-18(22-19(21-13)16-8-3-4-9-17(16)25)23(2)20-12-14-6-5-7-15(11-14)24(26)27/h3-12,25H,1-2H3/b20-12-. The van der Waals surface area contributed by atoms with Crippen molar-refractivity contribution in [3.05, 3.63) is 76.0 Å². The number of hydrogen-bond donors (Lipinski definition) is 1. The molecule has 0 saturated carbocycles. The summed E-state index contributed by atoms with van der Waals surface area (Å²) in [5.41, 5.74) is 1.85. The van der Waals surface area contributed by atoms with Crippen molar-refractivity contribution in [2.24, 2.45) is 5.10 Å². The third kappa shape index (κ3) is 4.24. The Morgan fingerprint density at radius 1 is 1.15 bits per heavy atom. The predicted molar refractivity (Wildman–Crippen MR) is 103 cm³/mol. The topological polar surface area (TPSA) is 105 Å². The summed E-state index contributed by atoms with van der Waals surface area (Å²) in [6, 6.07) is 14.8. The molecule has 8 heteroatoms. The van der Waals surface area contributed by atoms with Crippen LogP contribution in [0.1, 0.15) is 11.3 Å². The van der Waals surface area contributed by atoms with Crippen molar-refractivity contribution in [1.29, 1.82) is 0 Å². The van der Waals surface area contributed by atoms with Crippen LogP contribution >= 0.6 is 0 Å². The number of hydrogen-bond acceptors (Lipinski definition) is 7. The van der Waals surface area contributed by atoms with Gasteiger partial charge in [0, 0.05) is 36.5 Å². The van der Waals surface area contributed by atoms with E-state index in [4.69, 9.17) is 0 Å². The van der Waals surface area contributed by atoms with Crippen molar-refractivity contribution in [2.45, 2.75) is 6.92 Å². The second kappa shape index (κ2) is 7.61. The summed E-state index contributed by atoms with van der Waals surface area (Å²) in [5.74, 6) is 1.01. The maximum absolute atomic E-state index is 10.9. The number of anilines is 1. The van der Waals surface area contributed by atoms with Crippen LogP contribution in [0, 0.1) is 17.0 Å². The number of nitro groups is 1. The molecule has 0 aliphatic heterocycles. The molecule has 0 aliphatic carbocycles. The van der Waals surface area contributed by atoms with Gasteiger partial charge in [0.15, 0.2) is 11.6 Å². The average Bonchev–Trinajstić information content (AvgIpc) is 2.66. The molecule has 0 bridgehead atoms. The van der Waals surface area contributed by atoms with Crippen LogP contribution in [0.25, 0.3) is 11.4 Å². The molecule has 0 atom stereocenters. The van der Waals surface area contributed by atoms with E-state index < -0.39 is 4.92 Å². The molecule has 0 saturated heterocycles. The molecular weight excluding hydrogens is 346 g/mol. The Balaban J connectivity index is 1.89. The Labute approximate surface area is 155 Å². The minimum atomic E-state index is -0.451. The van der Waals surface area contributed by atoms with Crippen molar-refractivity contribution in [3.63, 3.8) is 0 Å². The van der Waals surface area contributed by atoms with E-state index in [0.717, 1.165) is 5.69 Å². The highest BCUT2D eigenvalue weighted by Gasteiger charge is 2.11. The fourth-order valence-corrected chi connectivity index (χ4v) is 2.43. The highest BCUT2D eigenvalue weighted by atomic mass is 16.6. The molecule has 8 nitrogen and oxygen atoms in total. The van der Waals surface area contributed by atoms with Gasteiger partial charge in [-0.1, -0.05) is 24.3 Å². The van der Waals surface area contributed by atoms with E-state index in [2.05, 4.69) is 15.1 Å². The van der Waals surface area contributed by atoms with E-state index in [9.17, 15) is 15.2 Å². The molecule has 3 rings (SSSR count). The third-order valence-corrected chi connectivity index (χ3v) is 3.78. The highest BCUT2D eigenvalue weighted by Crippen LogP contribution is 2.27. The minimum absolute atomic E-state index is 0.00122. The lowest BCUT2D eigenvalue weighted by Gasteiger charge is -2.14. The molecule has 1 heterocycles. The summed E-state index contributed by atoms with van der Waals surface area (Å²) < 4.78 is 0. The van der Waals surface area contributed by atoms with E-state index in [1.54, 1.807) is 49.5 Å². The van der Waals surface area contributed by atoms with Gasteiger partial charge in [-0.05, 0) is 19.1 Å².